The lowest BCUT2D eigenvalue weighted by atomic mass is 9.84. The summed E-state index contributed by atoms with van der Waals surface area (Å²) in [5.41, 5.74) is 5.58. The van der Waals surface area contributed by atoms with Gasteiger partial charge < -0.3 is 30.9 Å². The number of nitrogens with two attached hydrogens (primary N) is 2. The number of hydrogen-bond donors (Lipinski definition) is 3. The molecule has 4 amide bonds. The minimum atomic E-state index is -0.669. The summed E-state index contributed by atoms with van der Waals surface area (Å²) < 4.78 is 5.31. The predicted octanol–water partition coefficient (Wildman–Crippen LogP) is -1.37. The Labute approximate surface area is 166 Å². The summed E-state index contributed by atoms with van der Waals surface area (Å²) >= 11 is 0. The van der Waals surface area contributed by atoms with Crippen molar-refractivity contribution in [3.05, 3.63) is 0 Å². The van der Waals surface area contributed by atoms with Crippen molar-refractivity contribution >= 4 is 17.8 Å². The van der Waals surface area contributed by atoms with Crippen LogP contribution in [-0.2, 0) is 14.3 Å². The van der Waals surface area contributed by atoms with Gasteiger partial charge in [-0.15, -0.1) is 0 Å². The molecule has 0 aromatic heterocycles. The Balaban J connectivity index is 1.61. The van der Waals surface area contributed by atoms with Crippen molar-refractivity contribution in [2.45, 2.75) is 50.6 Å². The predicted molar refractivity (Wildman–Crippen MR) is 102 cm³/mol. The Hall–Kier alpha value is -1.87. The number of quaternary nitrogens is 1. The highest BCUT2D eigenvalue weighted by molar-refractivity contribution is 5.91. The van der Waals surface area contributed by atoms with Gasteiger partial charge in [0, 0.05) is 13.1 Å². The maximum atomic E-state index is 13.0. The number of hydrogen-bond acceptors (Lipinski definition) is 4. The van der Waals surface area contributed by atoms with Crippen LogP contribution in [-0.4, -0.2) is 85.7 Å². The normalized spacial score (nSPS) is 25.2. The molecular weight excluding hydrogens is 362 g/mol. The van der Waals surface area contributed by atoms with Crippen molar-refractivity contribution in [1.82, 2.24) is 15.1 Å². The summed E-state index contributed by atoms with van der Waals surface area (Å²) in [4.78, 5) is 41.2. The molecule has 1 aliphatic carbocycles. The number of morpholine rings is 1. The molecule has 3 rings (SSSR count). The lowest BCUT2D eigenvalue weighted by Gasteiger charge is -2.38. The summed E-state index contributed by atoms with van der Waals surface area (Å²) in [6, 6.07) is -1.38. The van der Waals surface area contributed by atoms with Crippen LogP contribution in [0, 0.1) is 5.92 Å². The van der Waals surface area contributed by atoms with Crippen LogP contribution in [0.25, 0.3) is 0 Å². The third-order valence-corrected chi connectivity index (χ3v) is 6.12. The summed E-state index contributed by atoms with van der Waals surface area (Å²) in [7, 11) is 0. The summed E-state index contributed by atoms with van der Waals surface area (Å²) in [6.45, 7) is 3.90. The highest BCUT2D eigenvalue weighted by atomic mass is 16.5. The molecule has 0 spiro atoms. The number of amides is 4. The average Bonchev–Trinajstić information content (AvgIpc) is 2.74. The van der Waals surface area contributed by atoms with E-state index in [4.69, 9.17) is 10.5 Å². The number of rotatable bonds is 5. The first-order valence-corrected chi connectivity index (χ1v) is 10.6. The Bertz CT molecular complexity index is 561. The van der Waals surface area contributed by atoms with E-state index in [1.807, 2.05) is 5.32 Å². The molecule has 28 heavy (non-hydrogen) atoms. The molecule has 2 aliphatic heterocycles. The molecule has 5 N–H and O–H groups in total. The largest absolute Gasteiger partial charge is 0.378 e. The molecule has 158 valence electrons. The van der Waals surface area contributed by atoms with Gasteiger partial charge in [0.1, 0.15) is 12.6 Å². The number of ether oxygens (including phenoxy) is 1. The third-order valence-electron chi connectivity index (χ3n) is 6.12. The maximum absolute atomic E-state index is 13.0. The van der Waals surface area contributed by atoms with Gasteiger partial charge >= 0.3 is 6.03 Å². The van der Waals surface area contributed by atoms with Gasteiger partial charge in [-0.1, -0.05) is 32.1 Å². The van der Waals surface area contributed by atoms with Gasteiger partial charge in [-0.25, -0.2) is 4.79 Å². The molecule has 0 radical (unpaired) electrons. The van der Waals surface area contributed by atoms with Crippen LogP contribution in [0.1, 0.15) is 38.5 Å². The van der Waals surface area contributed by atoms with E-state index in [0.717, 1.165) is 19.4 Å². The molecule has 2 heterocycles. The highest BCUT2D eigenvalue weighted by Crippen LogP contribution is 2.27. The molecule has 9 heteroatoms. The van der Waals surface area contributed by atoms with Gasteiger partial charge in [-0.2, -0.15) is 0 Å². The Morgan fingerprint density at radius 2 is 1.82 bits per heavy atom. The van der Waals surface area contributed by atoms with E-state index in [2.05, 4.69) is 5.32 Å². The summed E-state index contributed by atoms with van der Waals surface area (Å²) in [6.07, 6.45) is 6.33. The Morgan fingerprint density at radius 3 is 2.50 bits per heavy atom. The molecule has 1 saturated carbocycles. The lowest BCUT2D eigenvalue weighted by molar-refractivity contribution is -0.665. The minimum absolute atomic E-state index is 0.126. The number of nitrogens with one attached hydrogen (secondary N) is 1. The molecule has 2 saturated heterocycles. The van der Waals surface area contributed by atoms with Crippen LogP contribution >= 0.6 is 0 Å². The van der Waals surface area contributed by atoms with Crippen LogP contribution in [0.5, 0.6) is 0 Å². The second kappa shape index (κ2) is 10.1. The monoisotopic (exact) mass is 396 g/mol. The maximum Gasteiger partial charge on any atom is 0.321 e. The van der Waals surface area contributed by atoms with E-state index in [1.165, 1.54) is 19.3 Å². The second-order valence-electron chi connectivity index (χ2n) is 8.11. The van der Waals surface area contributed by atoms with E-state index < -0.39 is 18.0 Å². The number of nitrogens with zero attached hydrogens (tertiary/aromatic N) is 2. The zero-order valence-electron chi connectivity index (χ0n) is 16.6. The molecule has 3 fully saturated rings. The summed E-state index contributed by atoms with van der Waals surface area (Å²) in [5, 5.41) is 4.89. The van der Waals surface area contributed by atoms with Crippen molar-refractivity contribution in [3.8, 4) is 0 Å². The van der Waals surface area contributed by atoms with Crippen molar-refractivity contribution in [2.24, 2.45) is 11.7 Å². The van der Waals surface area contributed by atoms with Crippen LogP contribution < -0.4 is 16.4 Å². The smallest absolute Gasteiger partial charge is 0.321 e. The fraction of sp³-hybridized carbons (Fsp3) is 0.842. The highest BCUT2D eigenvalue weighted by Gasteiger charge is 2.38. The molecule has 0 aromatic rings. The second-order valence-corrected chi connectivity index (χ2v) is 8.11. The fourth-order valence-corrected chi connectivity index (χ4v) is 4.47. The van der Waals surface area contributed by atoms with E-state index in [1.54, 1.807) is 9.80 Å². The van der Waals surface area contributed by atoms with Gasteiger partial charge in [0.25, 0.3) is 0 Å². The molecule has 9 nitrogen and oxygen atoms in total. The van der Waals surface area contributed by atoms with Gasteiger partial charge in [0.2, 0.25) is 11.8 Å². The van der Waals surface area contributed by atoms with Crippen molar-refractivity contribution in [1.29, 1.82) is 0 Å². The van der Waals surface area contributed by atoms with Gasteiger partial charge in [-0.05, 0) is 12.3 Å². The zero-order chi connectivity index (χ0) is 19.9. The first kappa shape index (κ1) is 20.9. The topological polar surface area (TPSA) is 122 Å². The van der Waals surface area contributed by atoms with Crippen LogP contribution in [0.15, 0.2) is 0 Å². The number of primary amides is 1. The fourth-order valence-electron chi connectivity index (χ4n) is 4.47. The molecule has 0 unspecified atom stereocenters. The van der Waals surface area contributed by atoms with Crippen molar-refractivity contribution in [3.63, 3.8) is 0 Å². The van der Waals surface area contributed by atoms with Gasteiger partial charge in [0.15, 0.2) is 6.04 Å². The third kappa shape index (κ3) is 5.35. The Kier molecular flexibility index (Phi) is 7.50. The first-order valence-electron chi connectivity index (χ1n) is 10.6. The molecule has 0 aromatic carbocycles. The van der Waals surface area contributed by atoms with Gasteiger partial charge in [0.05, 0.1) is 26.3 Å². The van der Waals surface area contributed by atoms with Crippen LogP contribution in [0.3, 0.4) is 0 Å². The number of piperazine rings is 1. The molecular formula is C19H34N5O4+. The van der Waals surface area contributed by atoms with Gasteiger partial charge in [-0.3, -0.25) is 9.59 Å². The number of urea groups is 1. The number of carbonyl (C=O) groups is 3. The molecule has 3 aliphatic rings. The molecule has 0 bridgehead atoms. The van der Waals surface area contributed by atoms with Crippen molar-refractivity contribution in [2.75, 3.05) is 45.9 Å². The zero-order valence-corrected chi connectivity index (χ0v) is 16.6. The SMILES string of the molecule is NC(=O)[C@H](CC1CCCCC1)NC(=O)[C@H]1C[NH2+]CCN1C(=O)N1CCOCC1. The first-order chi connectivity index (χ1) is 13.6. The van der Waals surface area contributed by atoms with Crippen molar-refractivity contribution < 1.29 is 24.4 Å². The molecule has 2 atom stereocenters. The quantitative estimate of drug-likeness (QED) is 0.531. The minimum Gasteiger partial charge on any atom is -0.378 e. The van der Waals surface area contributed by atoms with Crippen LogP contribution in [0.4, 0.5) is 4.79 Å². The standard InChI is InChI=1S/C19H33N5O4/c20-17(25)15(12-14-4-2-1-3-5-14)22-18(26)16-13-21-6-7-24(16)19(27)23-8-10-28-11-9-23/h14-16,21H,1-13H2,(H2,20,25)(H,22,26)/p+1/t15-,16+/m0/s1. The number of carbonyl (C=O) groups excluding carboxylic acids is 3. The Morgan fingerprint density at radius 1 is 1.11 bits per heavy atom. The van der Waals surface area contributed by atoms with E-state index in [0.29, 0.717) is 51.7 Å². The van der Waals surface area contributed by atoms with E-state index in [9.17, 15) is 14.4 Å². The average molecular weight is 397 g/mol. The van der Waals surface area contributed by atoms with E-state index >= 15 is 0 Å². The van der Waals surface area contributed by atoms with E-state index in [-0.39, 0.29) is 11.9 Å². The lowest BCUT2D eigenvalue weighted by Crippen LogP contribution is -2.93. The van der Waals surface area contributed by atoms with Crippen LogP contribution in [0.2, 0.25) is 0 Å². The summed E-state index contributed by atoms with van der Waals surface area (Å²) in [5.74, 6) is -0.350.